The Kier molecular flexibility index (Phi) is 4.74. The first-order valence-corrected chi connectivity index (χ1v) is 7.21. The fourth-order valence-corrected chi connectivity index (χ4v) is 2.54. The second kappa shape index (κ2) is 6.52. The monoisotopic (exact) mass is 291 g/mol. The topological polar surface area (TPSA) is 59.4 Å². The Morgan fingerprint density at radius 1 is 1.35 bits per heavy atom. The molecule has 1 aromatic heterocycles. The van der Waals surface area contributed by atoms with Gasteiger partial charge in [-0.15, -0.1) is 11.3 Å². The molecule has 2 aromatic rings. The summed E-state index contributed by atoms with van der Waals surface area (Å²) in [6.45, 7) is 4.53. The van der Waals surface area contributed by atoms with Gasteiger partial charge < -0.3 is 9.84 Å². The summed E-state index contributed by atoms with van der Waals surface area (Å²) in [5.74, 6) is 0.0433. The number of aryl methyl sites for hydroxylation is 3. The van der Waals surface area contributed by atoms with Gasteiger partial charge in [-0.1, -0.05) is 6.07 Å². The standard InChI is InChI=1S/C15H17NO3S/c1-10-3-4-12(7-11(10)2)19-9-14-16-8-13(20-14)5-6-15(17)18/h3-4,7-8H,5-6,9H2,1-2H3,(H,17,18). The molecule has 0 unspecified atom stereocenters. The third kappa shape index (κ3) is 4.06. The van der Waals surface area contributed by atoms with E-state index in [9.17, 15) is 4.79 Å². The average molecular weight is 291 g/mol. The lowest BCUT2D eigenvalue weighted by Gasteiger charge is -2.06. The molecular formula is C15H17NO3S. The van der Waals surface area contributed by atoms with Crippen LogP contribution in [0.5, 0.6) is 5.75 Å². The molecule has 5 heteroatoms. The van der Waals surface area contributed by atoms with Gasteiger partial charge in [0, 0.05) is 11.1 Å². The van der Waals surface area contributed by atoms with Crippen molar-refractivity contribution in [1.29, 1.82) is 0 Å². The zero-order chi connectivity index (χ0) is 14.5. The predicted octanol–water partition coefficient (Wildman–Crippen LogP) is 3.36. The Morgan fingerprint density at radius 2 is 2.15 bits per heavy atom. The van der Waals surface area contributed by atoms with Crippen LogP contribution in [0.3, 0.4) is 0 Å². The van der Waals surface area contributed by atoms with Crippen LogP contribution < -0.4 is 4.74 Å². The van der Waals surface area contributed by atoms with Gasteiger partial charge in [0.25, 0.3) is 0 Å². The van der Waals surface area contributed by atoms with E-state index >= 15 is 0 Å². The highest BCUT2D eigenvalue weighted by molar-refractivity contribution is 7.11. The highest BCUT2D eigenvalue weighted by atomic mass is 32.1. The number of aliphatic carboxylic acids is 1. The third-order valence-electron chi connectivity index (χ3n) is 3.03. The lowest BCUT2D eigenvalue weighted by atomic mass is 10.1. The Morgan fingerprint density at radius 3 is 2.85 bits per heavy atom. The largest absolute Gasteiger partial charge is 0.486 e. The van der Waals surface area contributed by atoms with E-state index in [4.69, 9.17) is 9.84 Å². The summed E-state index contributed by atoms with van der Waals surface area (Å²) >= 11 is 1.50. The molecule has 0 bridgehead atoms. The number of carbonyl (C=O) groups is 1. The summed E-state index contributed by atoms with van der Waals surface area (Å²) in [7, 11) is 0. The number of aromatic nitrogens is 1. The van der Waals surface area contributed by atoms with Gasteiger partial charge in [-0.05, 0) is 43.5 Å². The summed E-state index contributed by atoms with van der Waals surface area (Å²) in [5, 5.41) is 9.51. The highest BCUT2D eigenvalue weighted by Crippen LogP contribution is 2.20. The van der Waals surface area contributed by atoms with Crippen LogP contribution in [0.1, 0.15) is 27.4 Å². The molecule has 0 saturated heterocycles. The molecule has 1 N–H and O–H groups in total. The van der Waals surface area contributed by atoms with Crippen LogP contribution in [0.25, 0.3) is 0 Å². The van der Waals surface area contributed by atoms with Crippen LogP contribution in [-0.4, -0.2) is 16.1 Å². The van der Waals surface area contributed by atoms with Crippen molar-refractivity contribution >= 4 is 17.3 Å². The summed E-state index contributed by atoms with van der Waals surface area (Å²) in [4.78, 5) is 15.7. The van der Waals surface area contributed by atoms with Gasteiger partial charge in [0.05, 0.1) is 6.42 Å². The Labute approximate surface area is 122 Å². The minimum absolute atomic E-state index is 0.139. The zero-order valence-electron chi connectivity index (χ0n) is 11.5. The van der Waals surface area contributed by atoms with E-state index in [0.717, 1.165) is 15.6 Å². The molecule has 2 rings (SSSR count). The quantitative estimate of drug-likeness (QED) is 0.886. The molecule has 0 radical (unpaired) electrons. The van der Waals surface area contributed by atoms with Crippen molar-refractivity contribution in [3.63, 3.8) is 0 Å². The van der Waals surface area contributed by atoms with E-state index in [0.29, 0.717) is 13.0 Å². The number of hydrogen-bond acceptors (Lipinski definition) is 4. The van der Waals surface area contributed by atoms with Crippen molar-refractivity contribution in [2.45, 2.75) is 33.3 Å². The fourth-order valence-electron chi connectivity index (χ4n) is 1.71. The van der Waals surface area contributed by atoms with E-state index in [2.05, 4.69) is 18.8 Å². The summed E-state index contributed by atoms with van der Waals surface area (Å²) in [6.07, 6.45) is 2.39. The van der Waals surface area contributed by atoms with E-state index in [1.807, 2.05) is 18.2 Å². The molecule has 4 nitrogen and oxygen atoms in total. The van der Waals surface area contributed by atoms with Crippen LogP contribution in [0.4, 0.5) is 0 Å². The van der Waals surface area contributed by atoms with E-state index in [-0.39, 0.29) is 6.42 Å². The number of thiazole rings is 1. The van der Waals surface area contributed by atoms with Gasteiger partial charge in [-0.2, -0.15) is 0 Å². The Balaban J connectivity index is 1.90. The van der Waals surface area contributed by atoms with Crippen LogP contribution >= 0.6 is 11.3 Å². The fraction of sp³-hybridized carbons (Fsp3) is 0.333. The van der Waals surface area contributed by atoms with Crippen molar-refractivity contribution in [2.75, 3.05) is 0 Å². The Bertz CT molecular complexity index is 607. The number of nitrogens with zero attached hydrogens (tertiary/aromatic N) is 1. The molecule has 1 aromatic carbocycles. The maximum absolute atomic E-state index is 10.5. The number of rotatable bonds is 6. The molecule has 20 heavy (non-hydrogen) atoms. The van der Waals surface area contributed by atoms with Crippen molar-refractivity contribution < 1.29 is 14.6 Å². The van der Waals surface area contributed by atoms with Gasteiger partial charge in [-0.3, -0.25) is 4.79 Å². The van der Waals surface area contributed by atoms with Gasteiger partial charge in [-0.25, -0.2) is 4.98 Å². The van der Waals surface area contributed by atoms with Crippen molar-refractivity contribution in [2.24, 2.45) is 0 Å². The first kappa shape index (κ1) is 14.5. The predicted molar refractivity (Wildman–Crippen MR) is 78.3 cm³/mol. The van der Waals surface area contributed by atoms with Gasteiger partial charge in [0.2, 0.25) is 0 Å². The molecule has 0 atom stereocenters. The zero-order valence-corrected chi connectivity index (χ0v) is 12.4. The molecule has 106 valence electrons. The van der Waals surface area contributed by atoms with Crippen LogP contribution in [0.15, 0.2) is 24.4 Å². The minimum atomic E-state index is -0.786. The highest BCUT2D eigenvalue weighted by Gasteiger charge is 2.06. The number of carboxylic acids is 1. The van der Waals surface area contributed by atoms with Gasteiger partial charge in [0.15, 0.2) is 0 Å². The van der Waals surface area contributed by atoms with Gasteiger partial charge in [0.1, 0.15) is 17.4 Å². The molecule has 0 amide bonds. The average Bonchev–Trinajstić information content (AvgIpc) is 2.86. The number of ether oxygens (including phenoxy) is 1. The number of carboxylic acid groups (broad SMARTS) is 1. The van der Waals surface area contributed by atoms with E-state index < -0.39 is 5.97 Å². The van der Waals surface area contributed by atoms with Crippen molar-refractivity contribution in [3.8, 4) is 5.75 Å². The molecule has 0 spiro atoms. The van der Waals surface area contributed by atoms with Crippen molar-refractivity contribution in [1.82, 2.24) is 4.98 Å². The smallest absolute Gasteiger partial charge is 0.303 e. The SMILES string of the molecule is Cc1ccc(OCc2ncc(CCC(=O)O)s2)cc1C. The van der Waals surface area contributed by atoms with E-state index in [1.54, 1.807) is 6.20 Å². The maximum Gasteiger partial charge on any atom is 0.303 e. The molecule has 0 saturated carbocycles. The summed E-state index contributed by atoms with van der Waals surface area (Å²) in [6, 6.07) is 5.99. The number of benzene rings is 1. The van der Waals surface area contributed by atoms with Gasteiger partial charge >= 0.3 is 5.97 Å². The molecule has 0 aliphatic heterocycles. The molecule has 1 heterocycles. The van der Waals surface area contributed by atoms with Crippen molar-refractivity contribution in [3.05, 3.63) is 45.4 Å². The summed E-state index contributed by atoms with van der Waals surface area (Å²) < 4.78 is 5.70. The first-order valence-electron chi connectivity index (χ1n) is 6.40. The third-order valence-corrected chi connectivity index (χ3v) is 4.06. The second-order valence-corrected chi connectivity index (χ2v) is 5.85. The van der Waals surface area contributed by atoms with Crippen LogP contribution in [0, 0.1) is 13.8 Å². The van der Waals surface area contributed by atoms with Crippen LogP contribution in [0.2, 0.25) is 0 Å². The molecule has 0 aliphatic carbocycles. The number of hydrogen-bond donors (Lipinski definition) is 1. The molecular weight excluding hydrogens is 274 g/mol. The normalized spacial score (nSPS) is 10.5. The molecule has 0 aliphatic rings. The Hall–Kier alpha value is -1.88. The second-order valence-electron chi connectivity index (χ2n) is 4.65. The summed E-state index contributed by atoms with van der Waals surface area (Å²) in [5.41, 5.74) is 2.44. The first-order chi connectivity index (χ1) is 9.54. The van der Waals surface area contributed by atoms with E-state index in [1.165, 1.54) is 22.5 Å². The maximum atomic E-state index is 10.5. The molecule has 0 fully saturated rings. The lowest BCUT2D eigenvalue weighted by molar-refractivity contribution is -0.136. The van der Waals surface area contributed by atoms with Crippen LogP contribution in [-0.2, 0) is 17.8 Å². The lowest BCUT2D eigenvalue weighted by Crippen LogP contribution is -1.95. The minimum Gasteiger partial charge on any atom is -0.486 e.